The Kier molecular flexibility index (Phi) is 6.87. The SMILES string of the molecule is C=C(Nc1nc(-c2ccccc2C(F)(F)F)cc(C)c1C)c1cc(F)ccc1NCCC. The fourth-order valence-electron chi connectivity index (χ4n) is 3.34. The molecule has 3 nitrogen and oxygen atoms in total. The number of alkyl halides is 3. The minimum atomic E-state index is -4.50. The summed E-state index contributed by atoms with van der Waals surface area (Å²) in [5.74, 6) is -0.0496. The molecule has 7 heteroatoms. The van der Waals surface area contributed by atoms with Gasteiger partial charge in [-0.25, -0.2) is 9.37 Å². The maximum absolute atomic E-state index is 13.9. The smallest absolute Gasteiger partial charge is 0.385 e. The summed E-state index contributed by atoms with van der Waals surface area (Å²) < 4.78 is 54.5. The summed E-state index contributed by atoms with van der Waals surface area (Å²) in [7, 11) is 0. The highest BCUT2D eigenvalue weighted by Gasteiger charge is 2.33. The van der Waals surface area contributed by atoms with E-state index in [-0.39, 0.29) is 11.3 Å². The highest BCUT2D eigenvalue weighted by molar-refractivity contribution is 5.83. The molecule has 0 saturated heterocycles. The molecular formula is C25H25F4N3. The summed E-state index contributed by atoms with van der Waals surface area (Å²) in [5, 5.41) is 6.32. The van der Waals surface area contributed by atoms with Crippen molar-refractivity contribution < 1.29 is 17.6 Å². The van der Waals surface area contributed by atoms with Gasteiger partial charge in [0, 0.05) is 29.1 Å². The van der Waals surface area contributed by atoms with Gasteiger partial charge in [0.2, 0.25) is 0 Å². The van der Waals surface area contributed by atoms with Crippen LogP contribution in [0.2, 0.25) is 0 Å². The Hall–Kier alpha value is -3.35. The first kappa shape index (κ1) is 23.3. The molecule has 0 bridgehead atoms. The number of nitrogens with zero attached hydrogens (tertiary/aromatic N) is 1. The van der Waals surface area contributed by atoms with Crippen LogP contribution in [0.3, 0.4) is 0 Å². The lowest BCUT2D eigenvalue weighted by molar-refractivity contribution is -0.137. The monoisotopic (exact) mass is 443 g/mol. The van der Waals surface area contributed by atoms with Crippen LogP contribution in [-0.4, -0.2) is 11.5 Å². The van der Waals surface area contributed by atoms with Crippen LogP contribution in [-0.2, 0) is 6.18 Å². The normalized spacial score (nSPS) is 11.3. The number of hydrogen-bond acceptors (Lipinski definition) is 3. The molecule has 3 aromatic rings. The second-order valence-electron chi connectivity index (χ2n) is 7.56. The van der Waals surface area contributed by atoms with Crippen LogP contribution in [0.15, 0.2) is 55.1 Å². The van der Waals surface area contributed by atoms with Gasteiger partial charge in [-0.05, 0) is 61.7 Å². The van der Waals surface area contributed by atoms with E-state index in [9.17, 15) is 17.6 Å². The first-order valence-corrected chi connectivity index (χ1v) is 10.3. The van der Waals surface area contributed by atoms with Gasteiger partial charge < -0.3 is 10.6 Å². The van der Waals surface area contributed by atoms with Crippen molar-refractivity contribution in [2.24, 2.45) is 0 Å². The molecule has 32 heavy (non-hydrogen) atoms. The molecule has 168 valence electrons. The van der Waals surface area contributed by atoms with Crippen LogP contribution in [0.4, 0.5) is 29.1 Å². The van der Waals surface area contributed by atoms with Crippen molar-refractivity contribution in [3.63, 3.8) is 0 Å². The van der Waals surface area contributed by atoms with Crippen molar-refractivity contribution in [1.29, 1.82) is 0 Å². The number of aryl methyl sites for hydroxylation is 1. The summed E-state index contributed by atoms with van der Waals surface area (Å²) in [6.45, 7) is 10.4. The van der Waals surface area contributed by atoms with Crippen molar-refractivity contribution in [2.75, 3.05) is 17.2 Å². The van der Waals surface area contributed by atoms with E-state index < -0.39 is 17.6 Å². The molecule has 2 aromatic carbocycles. The predicted octanol–water partition coefficient (Wildman–Crippen LogP) is 7.43. The van der Waals surface area contributed by atoms with Crippen molar-refractivity contribution in [3.05, 3.63) is 83.2 Å². The zero-order valence-electron chi connectivity index (χ0n) is 18.2. The summed E-state index contributed by atoms with van der Waals surface area (Å²) in [4.78, 5) is 4.47. The van der Waals surface area contributed by atoms with Crippen LogP contribution in [0.25, 0.3) is 17.0 Å². The standard InChI is InChI=1S/C25H25F4N3/c1-5-12-30-22-11-10-18(26)14-20(22)17(4)31-24-16(3)15(2)13-23(32-24)19-8-6-7-9-21(19)25(27,28)29/h6-11,13-14,30H,4-5,12H2,1-3H3,(H,31,32). The maximum Gasteiger partial charge on any atom is 0.417 e. The molecular weight excluding hydrogens is 418 g/mol. The molecule has 0 fully saturated rings. The predicted molar refractivity (Wildman–Crippen MR) is 122 cm³/mol. The minimum absolute atomic E-state index is 0.00665. The Morgan fingerprint density at radius 2 is 1.78 bits per heavy atom. The fraction of sp³-hybridized carbons (Fsp3) is 0.240. The maximum atomic E-state index is 13.9. The van der Waals surface area contributed by atoms with Gasteiger partial charge in [-0.3, -0.25) is 0 Å². The van der Waals surface area contributed by atoms with Crippen molar-refractivity contribution in [1.82, 2.24) is 4.98 Å². The molecule has 0 aliphatic carbocycles. The Morgan fingerprint density at radius 3 is 2.47 bits per heavy atom. The molecule has 0 atom stereocenters. The zero-order chi connectivity index (χ0) is 23.5. The van der Waals surface area contributed by atoms with E-state index in [0.29, 0.717) is 29.3 Å². The topological polar surface area (TPSA) is 37.0 Å². The average molecular weight is 443 g/mol. The number of benzene rings is 2. The van der Waals surface area contributed by atoms with Crippen LogP contribution >= 0.6 is 0 Å². The number of aromatic nitrogens is 1. The fourth-order valence-corrected chi connectivity index (χ4v) is 3.34. The van der Waals surface area contributed by atoms with Gasteiger partial charge in [0.05, 0.1) is 11.3 Å². The van der Waals surface area contributed by atoms with Crippen molar-refractivity contribution in [2.45, 2.75) is 33.4 Å². The highest BCUT2D eigenvalue weighted by Crippen LogP contribution is 2.37. The Labute approximate surface area is 185 Å². The zero-order valence-corrected chi connectivity index (χ0v) is 18.2. The lowest BCUT2D eigenvalue weighted by Gasteiger charge is -2.19. The average Bonchev–Trinajstić information content (AvgIpc) is 2.75. The molecule has 2 N–H and O–H groups in total. The van der Waals surface area contributed by atoms with E-state index in [1.807, 2.05) is 13.8 Å². The Balaban J connectivity index is 2.02. The second-order valence-corrected chi connectivity index (χ2v) is 7.56. The van der Waals surface area contributed by atoms with E-state index >= 15 is 0 Å². The van der Waals surface area contributed by atoms with Gasteiger partial charge in [-0.2, -0.15) is 13.2 Å². The minimum Gasteiger partial charge on any atom is -0.385 e. The summed E-state index contributed by atoms with van der Waals surface area (Å²) in [6, 6.07) is 11.3. The molecule has 0 spiro atoms. The largest absolute Gasteiger partial charge is 0.417 e. The van der Waals surface area contributed by atoms with E-state index in [2.05, 4.69) is 22.2 Å². The number of halogens is 4. The molecule has 1 aromatic heterocycles. The summed E-state index contributed by atoms with van der Waals surface area (Å²) in [6.07, 6.45) is -3.62. The van der Waals surface area contributed by atoms with Crippen LogP contribution in [0.1, 0.15) is 35.6 Å². The van der Waals surface area contributed by atoms with Crippen LogP contribution in [0, 0.1) is 19.7 Å². The third-order valence-electron chi connectivity index (χ3n) is 5.18. The highest BCUT2D eigenvalue weighted by atomic mass is 19.4. The number of pyridine rings is 1. The van der Waals surface area contributed by atoms with Gasteiger partial charge in [-0.1, -0.05) is 31.7 Å². The van der Waals surface area contributed by atoms with Gasteiger partial charge >= 0.3 is 6.18 Å². The number of hydrogen-bond donors (Lipinski definition) is 2. The van der Waals surface area contributed by atoms with E-state index in [0.717, 1.165) is 23.6 Å². The Bertz CT molecular complexity index is 1140. The third-order valence-corrected chi connectivity index (χ3v) is 5.18. The third kappa shape index (κ3) is 5.10. The summed E-state index contributed by atoms with van der Waals surface area (Å²) >= 11 is 0. The van der Waals surface area contributed by atoms with E-state index in [1.165, 1.54) is 24.3 Å². The number of anilines is 2. The quantitative estimate of drug-likeness (QED) is 0.373. The molecule has 0 aliphatic heterocycles. The first-order chi connectivity index (χ1) is 15.1. The van der Waals surface area contributed by atoms with Crippen LogP contribution < -0.4 is 10.6 Å². The summed E-state index contributed by atoms with van der Waals surface area (Å²) in [5.41, 5.74) is 2.59. The van der Waals surface area contributed by atoms with Gasteiger partial charge in [0.15, 0.2) is 0 Å². The molecule has 0 amide bonds. The van der Waals surface area contributed by atoms with E-state index in [4.69, 9.17) is 0 Å². The van der Waals surface area contributed by atoms with Gasteiger partial charge in [0.25, 0.3) is 0 Å². The number of nitrogens with one attached hydrogen (secondary N) is 2. The lowest BCUT2D eigenvalue weighted by Crippen LogP contribution is -2.10. The lowest BCUT2D eigenvalue weighted by atomic mass is 10.0. The number of rotatable bonds is 7. The molecule has 0 unspecified atom stereocenters. The molecule has 0 saturated carbocycles. The van der Waals surface area contributed by atoms with Gasteiger partial charge in [-0.15, -0.1) is 0 Å². The second kappa shape index (κ2) is 9.42. The van der Waals surface area contributed by atoms with Crippen molar-refractivity contribution >= 4 is 17.2 Å². The Morgan fingerprint density at radius 1 is 1.06 bits per heavy atom. The van der Waals surface area contributed by atoms with Crippen molar-refractivity contribution in [3.8, 4) is 11.3 Å². The molecule has 3 rings (SSSR count). The van der Waals surface area contributed by atoms with Gasteiger partial charge in [0.1, 0.15) is 11.6 Å². The first-order valence-electron chi connectivity index (χ1n) is 10.3. The van der Waals surface area contributed by atoms with E-state index in [1.54, 1.807) is 25.1 Å². The molecule has 0 aliphatic rings. The van der Waals surface area contributed by atoms with Crippen LogP contribution in [0.5, 0.6) is 0 Å². The molecule has 1 heterocycles. The molecule has 0 radical (unpaired) electrons.